The van der Waals surface area contributed by atoms with E-state index in [2.05, 4.69) is 5.32 Å². The van der Waals surface area contributed by atoms with Gasteiger partial charge in [0.05, 0.1) is 6.42 Å². The molecule has 0 saturated carbocycles. The number of hydrogen-bond acceptors (Lipinski definition) is 2. The molecule has 2 N–H and O–H groups in total. The minimum atomic E-state index is -0.934. The van der Waals surface area contributed by atoms with Crippen LogP contribution in [0.4, 0.5) is 0 Å². The molecule has 0 aliphatic carbocycles. The van der Waals surface area contributed by atoms with Crippen LogP contribution in [0, 0.1) is 12.3 Å². The molecule has 0 rings (SSSR count). The van der Waals surface area contributed by atoms with E-state index >= 15 is 0 Å². The van der Waals surface area contributed by atoms with Gasteiger partial charge in [-0.15, -0.1) is 6.42 Å². The van der Waals surface area contributed by atoms with Gasteiger partial charge < -0.3 is 10.4 Å². The molecule has 1 unspecified atom stereocenters. The fourth-order valence-electron chi connectivity index (χ4n) is 1.01. The molecule has 0 aromatic carbocycles. The summed E-state index contributed by atoms with van der Waals surface area (Å²) >= 11 is 0. The highest BCUT2D eigenvalue weighted by molar-refractivity contribution is 5.93. The summed E-state index contributed by atoms with van der Waals surface area (Å²) < 4.78 is 0. The first-order valence-electron chi connectivity index (χ1n) is 4.09. The Morgan fingerprint density at radius 3 is 2.62 bits per heavy atom. The smallest absolute Gasteiger partial charge is 0.305 e. The first kappa shape index (κ1) is 11.5. The Morgan fingerprint density at radius 1 is 1.62 bits per heavy atom. The van der Waals surface area contributed by atoms with Crippen LogP contribution in [0.25, 0.3) is 0 Å². The van der Waals surface area contributed by atoms with E-state index in [1.807, 2.05) is 12.8 Å². The molecule has 0 saturated heterocycles. The molecule has 0 aromatic rings. The summed E-state index contributed by atoms with van der Waals surface area (Å²) in [6.07, 6.45) is 6.19. The zero-order chi connectivity index (χ0) is 10.3. The Bertz CT molecular complexity index is 230. The average molecular weight is 183 g/mol. The van der Waals surface area contributed by atoms with Crippen molar-refractivity contribution in [3.05, 3.63) is 0 Å². The van der Waals surface area contributed by atoms with Crippen molar-refractivity contribution in [2.75, 3.05) is 0 Å². The van der Waals surface area contributed by atoms with Gasteiger partial charge in [0, 0.05) is 6.04 Å². The van der Waals surface area contributed by atoms with Gasteiger partial charge in [0.25, 0.3) is 5.91 Å². The Labute approximate surface area is 77.3 Å². The second-order valence-electron chi connectivity index (χ2n) is 2.70. The van der Waals surface area contributed by atoms with Crippen molar-refractivity contribution < 1.29 is 14.7 Å². The van der Waals surface area contributed by atoms with Crippen LogP contribution in [0.1, 0.15) is 26.2 Å². The van der Waals surface area contributed by atoms with Crippen LogP contribution in [0.3, 0.4) is 0 Å². The molecule has 0 fully saturated rings. The Hall–Kier alpha value is -1.50. The third-order valence-corrected chi connectivity index (χ3v) is 1.52. The van der Waals surface area contributed by atoms with Gasteiger partial charge in [-0.05, 0) is 12.3 Å². The number of carboxylic acid groups (broad SMARTS) is 1. The van der Waals surface area contributed by atoms with Crippen molar-refractivity contribution >= 4 is 11.9 Å². The molecule has 0 aromatic heterocycles. The summed E-state index contributed by atoms with van der Waals surface area (Å²) in [6, 6.07) is -0.356. The standard InChI is InChI=1S/C9H13NO3/c1-3-5-7(6-9(12)13)10-8(11)4-2/h2,7H,3,5-6H2,1H3,(H,10,11)(H,12,13). The van der Waals surface area contributed by atoms with Crippen LogP contribution in [0.15, 0.2) is 0 Å². The first-order valence-corrected chi connectivity index (χ1v) is 4.09. The number of carbonyl (C=O) groups is 2. The number of hydrogen-bond donors (Lipinski definition) is 2. The second kappa shape index (κ2) is 6.06. The molecule has 0 aliphatic heterocycles. The molecular formula is C9H13NO3. The maximum Gasteiger partial charge on any atom is 0.305 e. The van der Waals surface area contributed by atoms with Gasteiger partial charge >= 0.3 is 5.97 Å². The molecule has 4 heteroatoms. The average Bonchev–Trinajstić information content (AvgIpc) is 2.03. The largest absolute Gasteiger partial charge is 0.481 e. The minimum absolute atomic E-state index is 0.0821. The van der Waals surface area contributed by atoms with E-state index < -0.39 is 11.9 Å². The molecule has 1 amide bonds. The Balaban J connectivity index is 4.02. The lowest BCUT2D eigenvalue weighted by molar-refractivity contribution is -0.137. The predicted molar refractivity (Wildman–Crippen MR) is 47.9 cm³/mol. The lowest BCUT2D eigenvalue weighted by atomic mass is 10.1. The molecule has 1 atom stereocenters. The van der Waals surface area contributed by atoms with Crippen molar-refractivity contribution in [1.82, 2.24) is 5.32 Å². The number of amides is 1. The number of carbonyl (C=O) groups excluding carboxylic acids is 1. The summed E-state index contributed by atoms with van der Waals surface area (Å²) in [4.78, 5) is 21.1. The van der Waals surface area contributed by atoms with Crippen LogP contribution in [0.5, 0.6) is 0 Å². The van der Waals surface area contributed by atoms with Gasteiger partial charge in [0.2, 0.25) is 0 Å². The van der Waals surface area contributed by atoms with Crippen molar-refractivity contribution in [1.29, 1.82) is 0 Å². The first-order chi connectivity index (χ1) is 6.10. The molecule has 0 bridgehead atoms. The van der Waals surface area contributed by atoms with Gasteiger partial charge in [-0.25, -0.2) is 0 Å². The SMILES string of the molecule is C#CC(=O)NC(CCC)CC(=O)O. The summed E-state index contributed by atoms with van der Waals surface area (Å²) in [7, 11) is 0. The van der Waals surface area contributed by atoms with E-state index in [1.54, 1.807) is 0 Å². The maximum absolute atomic E-state index is 10.7. The highest BCUT2D eigenvalue weighted by Crippen LogP contribution is 2.01. The highest BCUT2D eigenvalue weighted by atomic mass is 16.4. The number of nitrogens with one attached hydrogen (secondary N) is 1. The van der Waals surface area contributed by atoms with Crippen molar-refractivity contribution in [3.8, 4) is 12.3 Å². The van der Waals surface area contributed by atoms with Crippen LogP contribution in [0.2, 0.25) is 0 Å². The summed E-state index contributed by atoms with van der Waals surface area (Å²) in [6.45, 7) is 1.91. The number of terminal acetylenes is 1. The monoisotopic (exact) mass is 183 g/mol. The molecule has 72 valence electrons. The minimum Gasteiger partial charge on any atom is -0.481 e. The third-order valence-electron chi connectivity index (χ3n) is 1.52. The molecule has 4 nitrogen and oxygen atoms in total. The molecule has 0 heterocycles. The molecule has 13 heavy (non-hydrogen) atoms. The molecule has 0 spiro atoms. The van der Waals surface area contributed by atoms with Crippen molar-refractivity contribution in [3.63, 3.8) is 0 Å². The van der Waals surface area contributed by atoms with E-state index in [-0.39, 0.29) is 12.5 Å². The lowest BCUT2D eigenvalue weighted by Crippen LogP contribution is -2.35. The zero-order valence-electron chi connectivity index (χ0n) is 7.54. The normalized spacial score (nSPS) is 11.4. The second-order valence-corrected chi connectivity index (χ2v) is 2.70. The lowest BCUT2D eigenvalue weighted by Gasteiger charge is -2.13. The predicted octanol–water partition coefficient (Wildman–Crippen LogP) is 0.379. The maximum atomic E-state index is 10.7. The molecular weight excluding hydrogens is 170 g/mol. The van der Waals surface area contributed by atoms with Crippen molar-refractivity contribution in [2.24, 2.45) is 0 Å². The van der Waals surface area contributed by atoms with Gasteiger partial charge in [-0.1, -0.05) is 13.3 Å². The topological polar surface area (TPSA) is 66.4 Å². The van der Waals surface area contributed by atoms with Gasteiger partial charge in [-0.3, -0.25) is 9.59 Å². The quantitative estimate of drug-likeness (QED) is 0.605. The highest BCUT2D eigenvalue weighted by Gasteiger charge is 2.13. The Kier molecular flexibility index (Phi) is 5.37. The Morgan fingerprint density at radius 2 is 2.23 bits per heavy atom. The van der Waals surface area contributed by atoms with E-state index in [0.29, 0.717) is 6.42 Å². The van der Waals surface area contributed by atoms with E-state index in [9.17, 15) is 9.59 Å². The van der Waals surface area contributed by atoms with Gasteiger partial charge in [-0.2, -0.15) is 0 Å². The fourth-order valence-corrected chi connectivity index (χ4v) is 1.01. The molecule has 0 aliphatic rings. The van der Waals surface area contributed by atoms with Crippen molar-refractivity contribution in [2.45, 2.75) is 32.2 Å². The van der Waals surface area contributed by atoms with Crippen LogP contribution >= 0.6 is 0 Å². The van der Waals surface area contributed by atoms with Crippen LogP contribution in [-0.4, -0.2) is 23.0 Å². The number of aliphatic carboxylic acids is 1. The van der Waals surface area contributed by atoms with Gasteiger partial charge in [0.1, 0.15) is 0 Å². The summed E-state index contributed by atoms with van der Waals surface area (Å²) in [5.74, 6) is 0.394. The zero-order valence-corrected chi connectivity index (χ0v) is 7.54. The molecule has 0 radical (unpaired) electrons. The number of rotatable bonds is 5. The third kappa shape index (κ3) is 5.74. The van der Waals surface area contributed by atoms with E-state index in [0.717, 1.165) is 6.42 Å². The van der Waals surface area contributed by atoms with Crippen LogP contribution in [-0.2, 0) is 9.59 Å². The number of carboxylic acids is 1. The van der Waals surface area contributed by atoms with E-state index in [4.69, 9.17) is 11.5 Å². The van der Waals surface area contributed by atoms with Gasteiger partial charge in [0.15, 0.2) is 0 Å². The summed E-state index contributed by atoms with van der Waals surface area (Å²) in [5, 5.41) is 10.9. The fraction of sp³-hybridized carbons (Fsp3) is 0.556. The van der Waals surface area contributed by atoms with E-state index in [1.165, 1.54) is 0 Å². The van der Waals surface area contributed by atoms with Crippen LogP contribution < -0.4 is 5.32 Å². The summed E-state index contributed by atoms with van der Waals surface area (Å²) in [5.41, 5.74) is 0.